The third kappa shape index (κ3) is 7.43. The van der Waals surface area contributed by atoms with Crippen molar-refractivity contribution in [3.8, 4) is 5.75 Å². The number of halogens is 1. The summed E-state index contributed by atoms with van der Waals surface area (Å²) in [6, 6.07) is 20.8. The van der Waals surface area contributed by atoms with Crippen LogP contribution in [-0.2, 0) is 32.8 Å². The summed E-state index contributed by atoms with van der Waals surface area (Å²) in [6.07, 6.45) is 3.08. The number of carbonyl (C=O) groups excluding carboxylic acids is 4. The van der Waals surface area contributed by atoms with Crippen molar-refractivity contribution in [2.75, 3.05) is 35.8 Å². The molecule has 59 heavy (non-hydrogen) atoms. The topological polar surface area (TPSA) is 187 Å². The van der Waals surface area contributed by atoms with Crippen LogP contribution in [-0.4, -0.2) is 72.9 Å². The van der Waals surface area contributed by atoms with Crippen molar-refractivity contribution in [3.05, 3.63) is 100 Å². The Morgan fingerprint density at radius 1 is 0.949 bits per heavy atom. The summed E-state index contributed by atoms with van der Waals surface area (Å²) in [5, 5.41) is 5.93. The average molecular weight is 826 g/mol. The van der Waals surface area contributed by atoms with Crippen LogP contribution in [0.3, 0.4) is 0 Å². The predicted octanol–water partition coefficient (Wildman–Crippen LogP) is 5.16. The number of aromatic nitrogens is 2. The number of aryl methyl sites for hydroxylation is 1. The SMILES string of the molecule is Cn1c(=O)n(C2CCC(=O)NC2=O)c2ccc(C3CCN(CC4CC4C(=O)Nc4ccc5c(F)c(N6CC(=O)NS6(O)O)c(OCc6ccccc6)cc5c4)CC3)cc21. The Labute approximate surface area is 339 Å². The van der Waals surface area contributed by atoms with E-state index in [0.29, 0.717) is 22.5 Å². The van der Waals surface area contributed by atoms with Crippen molar-refractivity contribution < 1.29 is 37.4 Å². The van der Waals surface area contributed by atoms with E-state index in [1.807, 2.05) is 48.5 Å². The second-order valence-electron chi connectivity index (χ2n) is 15.9. The molecular formula is C42H44FN7O8S. The minimum Gasteiger partial charge on any atom is -0.487 e. The highest BCUT2D eigenvalue weighted by Crippen LogP contribution is 2.51. The van der Waals surface area contributed by atoms with Crippen LogP contribution in [0.2, 0.25) is 0 Å². The molecule has 4 fully saturated rings. The molecule has 5 N–H and O–H groups in total. The highest BCUT2D eigenvalue weighted by molar-refractivity contribution is 8.24. The first kappa shape index (κ1) is 38.8. The fraction of sp³-hybridized carbons (Fsp3) is 0.357. The van der Waals surface area contributed by atoms with Gasteiger partial charge in [-0.3, -0.25) is 42.7 Å². The predicted molar refractivity (Wildman–Crippen MR) is 220 cm³/mol. The lowest BCUT2D eigenvalue weighted by atomic mass is 9.89. The van der Waals surface area contributed by atoms with E-state index in [9.17, 15) is 33.1 Å². The molecule has 0 bridgehead atoms. The van der Waals surface area contributed by atoms with Crippen LogP contribution in [0.4, 0.5) is 15.8 Å². The number of piperidine rings is 2. The van der Waals surface area contributed by atoms with Gasteiger partial charge in [0.1, 0.15) is 30.6 Å². The monoisotopic (exact) mass is 825 g/mol. The van der Waals surface area contributed by atoms with Gasteiger partial charge in [-0.05, 0) is 114 Å². The molecule has 15 nitrogen and oxygen atoms in total. The molecule has 9 rings (SSSR count). The van der Waals surface area contributed by atoms with Crippen LogP contribution in [0, 0.1) is 17.7 Å². The standard InChI is InChI=1S/C42H44FN7O8S/c1-47-34-19-26(7-10-32(34)50(42(47)55)33-11-12-36(51)45-41(33)54)25-13-15-48(16-14-25)21-28-18-31(28)40(53)44-29-8-9-30-27(17-29)20-35(58-23-24-5-3-2-4-6-24)39(38(30)43)49-22-37(52)46-59(49,56)57/h2-10,17,19-20,25,28,31,33,56-57H,11-16,18,21-23H2,1H3,(H,44,53)(H,46,52)(H,45,51,54). The van der Waals surface area contributed by atoms with E-state index in [0.717, 1.165) is 59.8 Å². The zero-order chi connectivity index (χ0) is 41.2. The van der Waals surface area contributed by atoms with Gasteiger partial charge in [0.25, 0.3) is 5.91 Å². The quantitative estimate of drug-likeness (QED) is 0.118. The van der Waals surface area contributed by atoms with Gasteiger partial charge in [0.05, 0.1) is 11.0 Å². The molecule has 3 unspecified atom stereocenters. The maximum atomic E-state index is 16.3. The van der Waals surface area contributed by atoms with Gasteiger partial charge in [-0.2, -0.15) is 0 Å². The van der Waals surface area contributed by atoms with Gasteiger partial charge in [0, 0.05) is 37.0 Å². The lowest BCUT2D eigenvalue weighted by molar-refractivity contribution is -0.135. The third-order valence-corrected chi connectivity index (χ3v) is 13.5. The number of nitrogens with zero attached hydrogens (tertiary/aromatic N) is 4. The number of imide groups is 1. The van der Waals surface area contributed by atoms with E-state index in [1.54, 1.807) is 29.8 Å². The zero-order valence-electron chi connectivity index (χ0n) is 32.2. The molecule has 4 heterocycles. The van der Waals surface area contributed by atoms with Gasteiger partial charge < -0.3 is 15.0 Å². The van der Waals surface area contributed by atoms with Crippen molar-refractivity contribution in [3.63, 3.8) is 0 Å². The number of fused-ring (bicyclic) bond motifs is 2. The largest absolute Gasteiger partial charge is 0.487 e. The first-order valence-corrected chi connectivity index (χ1v) is 21.2. The van der Waals surface area contributed by atoms with E-state index >= 15 is 4.39 Å². The lowest BCUT2D eigenvalue weighted by Gasteiger charge is -2.37. The first-order valence-electron chi connectivity index (χ1n) is 19.7. The molecule has 1 saturated carbocycles. The van der Waals surface area contributed by atoms with E-state index in [2.05, 4.69) is 20.3 Å². The minimum absolute atomic E-state index is 0.0138. The van der Waals surface area contributed by atoms with Crippen LogP contribution in [0.25, 0.3) is 21.8 Å². The summed E-state index contributed by atoms with van der Waals surface area (Å²) in [7, 11) is -2.13. The second kappa shape index (κ2) is 15.1. The van der Waals surface area contributed by atoms with E-state index in [1.165, 1.54) is 10.6 Å². The zero-order valence-corrected chi connectivity index (χ0v) is 33.0. The van der Waals surface area contributed by atoms with E-state index in [4.69, 9.17) is 4.74 Å². The van der Waals surface area contributed by atoms with Gasteiger partial charge >= 0.3 is 5.69 Å². The molecule has 4 amide bonds. The lowest BCUT2D eigenvalue weighted by Crippen LogP contribution is -2.44. The third-order valence-electron chi connectivity index (χ3n) is 12.1. The smallest absolute Gasteiger partial charge is 0.329 e. The molecule has 0 spiro atoms. The van der Waals surface area contributed by atoms with Crippen molar-refractivity contribution in [2.45, 2.75) is 50.7 Å². The van der Waals surface area contributed by atoms with Gasteiger partial charge in [-0.1, -0.05) is 36.4 Å². The molecule has 17 heteroatoms. The van der Waals surface area contributed by atoms with Gasteiger partial charge in [0.15, 0.2) is 5.82 Å². The Balaban J connectivity index is 0.835. The summed E-state index contributed by atoms with van der Waals surface area (Å²) < 4.78 is 49.6. The maximum Gasteiger partial charge on any atom is 0.329 e. The fourth-order valence-electron chi connectivity index (χ4n) is 8.80. The molecular weight excluding hydrogens is 782 g/mol. The average Bonchev–Trinajstić information content (AvgIpc) is 3.87. The normalized spacial score (nSPS) is 22.7. The Morgan fingerprint density at radius 3 is 2.46 bits per heavy atom. The van der Waals surface area contributed by atoms with Crippen LogP contribution in [0.15, 0.2) is 77.6 Å². The number of ether oxygens (including phenoxy) is 1. The number of benzene rings is 4. The molecule has 5 aromatic rings. The minimum atomic E-state index is -3.84. The van der Waals surface area contributed by atoms with Crippen molar-refractivity contribution >= 4 is 67.8 Å². The molecule has 1 aromatic heterocycles. The molecule has 0 radical (unpaired) electrons. The number of anilines is 2. The molecule has 4 aliphatic rings. The molecule has 4 aromatic carbocycles. The van der Waals surface area contributed by atoms with Crippen molar-refractivity contribution in [1.82, 2.24) is 24.1 Å². The van der Waals surface area contributed by atoms with Crippen molar-refractivity contribution in [2.24, 2.45) is 18.9 Å². The van der Waals surface area contributed by atoms with Crippen molar-refractivity contribution in [1.29, 1.82) is 0 Å². The highest BCUT2D eigenvalue weighted by Gasteiger charge is 2.44. The molecule has 3 aliphatic heterocycles. The first-order chi connectivity index (χ1) is 28.3. The van der Waals surface area contributed by atoms with Gasteiger partial charge in [0.2, 0.25) is 17.7 Å². The summed E-state index contributed by atoms with van der Waals surface area (Å²) in [5.41, 5.74) is 3.31. The molecule has 3 atom stereocenters. The second-order valence-corrected chi connectivity index (χ2v) is 17.6. The number of rotatable bonds is 10. The fourth-order valence-corrected chi connectivity index (χ4v) is 10.0. The van der Waals surface area contributed by atoms with Crippen LogP contribution in [0.1, 0.15) is 55.2 Å². The number of hydrogen-bond acceptors (Lipinski definition) is 10. The number of likely N-dealkylation sites (tertiary alicyclic amines) is 1. The summed E-state index contributed by atoms with van der Waals surface area (Å²) >= 11 is 0. The van der Waals surface area contributed by atoms with Gasteiger partial charge in [-0.25, -0.2) is 18.2 Å². The molecule has 1 aliphatic carbocycles. The van der Waals surface area contributed by atoms with Gasteiger partial charge in [-0.15, -0.1) is 0 Å². The summed E-state index contributed by atoms with van der Waals surface area (Å²) in [6.45, 7) is 2.13. The Bertz CT molecular complexity index is 2590. The molecule has 308 valence electrons. The van der Waals surface area contributed by atoms with Crippen LogP contribution >= 0.6 is 11.0 Å². The number of hydrogen-bond donors (Lipinski definition) is 5. The van der Waals surface area contributed by atoms with Crippen LogP contribution < -0.4 is 30.1 Å². The van der Waals surface area contributed by atoms with E-state index in [-0.39, 0.29) is 65.6 Å². The number of amides is 4. The Hall–Kier alpha value is -5.75. The summed E-state index contributed by atoms with van der Waals surface area (Å²) in [5.74, 6) is -1.98. The Morgan fingerprint density at radius 2 is 1.73 bits per heavy atom. The maximum absolute atomic E-state index is 16.3. The number of carbonyl (C=O) groups is 4. The van der Waals surface area contributed by atoms with Crippen LogP contribution in [0.5, 0.6) is 5.75 Å². The van der Waals surface area contributed by atoms with E-state index < -0.39 is 41.2 Å². The number of nitrogens with one attached hydrogen (secondary N) is 3. The molecule has 3 saturated heterocycles. The number of imidazole rings is 1. The Kier molecular flexibility index (Phi) is 9.94. The highest BCUT2D eigenvalue weighted by atomic mass is 32.3. The summed E-state index contributed by atoms with van der Waals surface area (Å²) in [4.78, 5) is 65.5.